The van der Waals surface area contributed by atoms with Gasteiger partial charge in [0, 0.05) is 30.9 Å². The Labute approximate surface area is 181 Å². The summed E-state index contributed by atoms with van der Waals surface area (Å²) in [7, 11) is 0. The van der Waals surface area contributed by atoms with Gasteiger partial charge in [-0.1, -0.05) is 72.8 Å². The number of benzene rings is 3. The van der Waals surface area contributed by atoms with E-state index in [4.69, 9.17) is 0 Å². The molecule has 1 aliphatic rings. The molecule has 1 amide bonds. The van der Waals surface area contributed by atoms with Gasteiger partial charge in [0.15, 0.2) is 0 Å². The molecule has 5 nitrogen and oxygen atoms in total. The van der Waals surface area contributed by atoms with Crippen LogP contribution >= 0.6 is 0 Å². The SMILES string of the molecule is O=C1NC(Cc2ccc3ccccc3c2)CNC1C(Cc1ccccc1)c1ncc[nH]1. The van der Waals surface area contributed by atoms with Crippen LogP contribution in [0.1, 0.15) is 22.9 Å². The molecule has 31 heavy (non-hydrogen) atoms. The van der Waals surface area contributed by atoms with Crippen LogP contribution < -0.4 is 10.6 Å². The summed E-state index contributed by atoms with van der Waals surface area (Å²) in [6.45, 7) is 0.731. The fourth-order valence-electron chi connectivity index (χ4n) is 4.52. The summed E-state index contributed by atoms with van der Waals surface area (Å²) in [5.41, 5.74) is 2.42. The number of piperazine rings is 1. The molecule has 156 valence electrons. The number of hydrogen-bond acceptors (Lipinski definition) is 3. The highest BCUT2D eigenvalue weighted by molar-refractivity contribution is 5.84. The van der Waals surface area contributed by atoms with Gasteiger partial charge in [0.25, 0.3) is 0 Å². The molecule has 3 N–H and O–H groups in total. The number of nitrogens with zero attached hydrogens (tertiary/aromatic N) is 1. The maximum atomic E-state index is 13.1. The second-order valence-electron chi connectivity index (χ2n) is 8.25. The Morgan fingerprint density at radius 2 is 1.74 bits per heavy atom. The van der Waals surface area contributed by atoms with E-state index in [-0.39, 0.29) is 23.9 Å². The first-order valence-electron chi connectivity index (χ1n) is 10.8. The standard InChI is InChI=1S/C26H26N4O/c31-26-24(23(25-27-12-13-28-25)16-18-6-2-1-3-7-18)29-17-22(30-26)15-19-10-11-20-8-4-5-9-21(20)14-19/h1-14,22-24,29H,15-17H2,(H,27,28)(H,30,31). The molecule has 0 bridgehead atoms. The van der Waals surface area contributed by atoms with Crippen LogP contribution in [-0.2, 0) is 17.6 Å². The van der Waals surface area contributed by atoms with Gasteiger partial charge in [0.2, 0.25) is 5.91 Å². The number of aromatic amines is 1. The fourth-order valence-corrected chi connectivity index (χ4v) is 4.52. The highest BCUT2D eigenvalue weighted by Gasteiger charge is 2.35. The van der Waals surface area contributed by atoms with Gasteiger partial charge in [0.05, 0.1) is 6.04 Å². The average Bonchev–Trinajstić information content (AvgIpc) is 3.33. The summed E-state index contributed by atoms with van der Waals surface area (Å²) in [5, 5.41) is 9.23. The van der Waals surface area contributed by atoms with Crippen LogP contribution in [0.4, 0.5) is 0 Å². The number of imidazole rings is 1. The monoisotopic (exact) mass is 410 g/mol. The highest BCUT2D eigenvalue weighted by Crippen LogP contribution is 2.24. The Hall–Kier alpha value is -3.44. The second kappa shape index (κ2) is 8.74. The van der Waals surface area contributed by atoms with Gasteiger partial charge < -0.3 is 15.6 Å². The molecular formula is C26H26N4O. The van der Waals surface area contributed by atoms with E-state index >= 15 is 0 Å². The van der Waals surface area contributed by atoms with Crippen molar-refractivity contribution in [2.24, 2.45) is 0 Å². The highest BCUT2D eigenvalue weighted by atomic mass is 16.2. The van der Waals surface area contributed by atoms with Crippen LogP contribution in [0.5, 0.6) is 0 Å². The largest absolute Gasteiger partial charge is 0.350 e. The topological polar surface area (TPSA) is 69.8 Å². The summed E-state index contributed by atoms with van der Waals surface area (Å²) in [6, 6.07) is 24.9. The molecule has 1 fully saturated rings. The Morgan fingerprint density at radius 3 is 2.52 bits per heavy atom. The van der Waals surface area contributed by atoms with E-state index in [9.17, 15) is 4.79 Å². The van der Waals surface area contributed by atoms with Crippen molar-refractivity contribution in [1.29, 1.82) is 0 Å². The van der Waals surface area contributed by atoms with E-state index in [2.05, 4.69) is 75.2 Å². The van der Waals surface area contributed by atoms with Gasteiger partial charge in [0.1, 0.15) is 5.82 Å². The van der Waals surface area contributed by atoms with Crippen molar-refractivity contribution < 1.29 is 4.79 Å². The van der Waals surface area contributed by atoms with Crippen molar-refractivity contribution in [2.45, 2.75) is 30.8 Å². The molecule has 3 unspecified atom stereocenters. The summed E-state index contributed by atoms with van der Waals surface area (Å²) >= 11 is 0. The smallest absolute Gasteiger partial charge is 0.238 e. The third-order valence-electron chi connectivity index (χ3n) is 6.08. The lowest BCUT2D eigenvalue weighted by molar-refractivity contribution is -0.126. The number of aromatic nitrogens is 2. The summed E-state index contributed by atoms with van der Waals surface area (Å²) in [6.07, 6.45) is 5.11. The normalized spacial score (nSPS) is 19.8. The third kappa shape index (κ3) is 4.37. The van der Waals surface area contributed by atoms with Crippen LogP contribution in [0.2, 0.25) is 0 Å². The van der Waals surface area contributed by atoms with Gasteiger partial charge in [-0.25, -0.2) is 4.98 Å². The van der Waals surface area contributed by atoms with Crippen molar-refractivity contribution in [2.75, 3.05) is 6.54 Å². The zero-order chi connectivity index (χ0) is 21.0. The van der Waals surface area contributed by atoms with E-state index in [1.54, 1.807) is 6.20 Å². The molecule has 4 aromatic rings. The number of hydrogen-bond donors (Lipinski definition) is 3. The summed E-state index contributed by atoms with van der Waals surface area (Å²) < 4.78 is 0. The molecule has 5 heteroatoms. The minimum absolute atomic E-state index is 0.0365. The molecule has 3 aromatic carbocycles. The number of carbonyl (C=O) groups is 1. The number of amides is 1. The first-order valence-corrected chi connectivity index (χ1v) is 10.8. The van der Waals surface area contributed by atoms with Gasteiger partial charge >= 0.3 is 0 Å². The Balaban J connectivity index is 1.30. The molecule has 5 rings (SSSR count). The first-order chi connectivity index (χ1) is 15.3. The summed E-state index contributed by atoms with van der Waals surface area (Å²) in [5.74, 6) is 0.817. The van der Waals surface area contributed by atoms with Crippen molar-refractivity contribution in [3.05, 3.63) is 102 Å². The molecule has 3 atom stereocenters. The predicted octanol–water partition coefficient (Wildman–Crippen LogP) is 3.59. The first kappa shape index (κ1) is 19.5. The zero-order valence-electron chi connectivity index (χ0n) is 17.3. The minimum atomic E-state index is -0.320. The zero-order valence-corrected chi connectivity index (χ0v) is 17.3. The van der Waals surface area contributed by atoms with Crippen LogP contribution in [0.15, 0.2) is 85.2 Å². The van der Waals surface area contributed by atoms with Crippen LogP contribution in [0.3, 0.4) is 0 Å². The number of fused-ring (bicyclic) bond motifs is 1. The van der Waals surface area contributed by atoms with Gasteiger partial charge in [-0.2, -0.15) is 0 Å². The maximum Gasteiger partial charge on any atom is 0.238 e. The number of carbonyl (C=O) groups excluding carboxylic acids is 1. The maximum absolute atomic E-state index is 13.1. The molecule has 1 aromatic heterocycles. The number of rotatable bonds is 6. The molecule has 2 heterocycles. The van der Waals surface area contributed by atoms with E-state index in [1.807, 2.05) is 24.4 Å². The lowest BCUT2D eigenvalue weighted by atomic mass is 9.88. The van der Waals surface area contributed by atoms with Crippen LogP contribution in [0.25, 0.3) is 10.8 Å². The molecule has 1 saturated heterocycles. The fraction of sp³-hybridized carbons (Fsp3) is 0.231. The minimum Gasteiger partial charge on any atom is -0.350 e. The Bertz CT molecular complexity index is 1160. The molecule has 0 radical (unpaired) electrons. The van der Waals surface area contributed by atoms with Crippen molar-refractivity contribution in [3.8, 4) is 0 Å². The van der Waals surface area contributed by atoms with Gasteiger partial charge in [-0.15, -0.1) is 0 Å². The molecule has 0 spiro atoms. The molecule has 1 aliphatic heterocycles. The van der Waals surface area contributed by atoms with E-state index in [0.717, 1.165) is 25.2 Å². The van der Waals surface area contributed by atoms with E-state index in [0.29, 0.717) is 0 Å². The lowest BCUT2D eigenvalue weighted by Crippen LogP contribution is -2.61. The van der Waals surface area contributed by atoms with Crippen molar-refractivity contribution in [3.63, 3.8) is 0 Å². The Morgan fingerprint density at radius 1 is 0.935 bits per heavy atom. The van der Waals surface area contributed by atoms with Crippen molar-refractivity contribution in [1.82, 2.24) is 20.6 Å². The van der Waals surface area contributed by atoms with E-state index < -0.39 is 0 Å². The summed E-state index contributed by atoms with van der Waals surface area (Å²) in [4.78, 5) is 20.8. The average molecular weight is 411 g/mol. The Kier molecular flexibility index (Phi) is 5.50. The molecular weight excluding hydrogens is 384 g/mol. The number of nitrogens with one attached hydrogen (secondary N) is 3. The molecule has 0 saturated carbocycles. The van der Waals surface area contributed by atoms with E-state index in [1.165, 1.54) is 21.9 Å². The van der Waals surface area contributed by atoms with Gasteiger partial charge in [-0.3, -0.25) is 4.79 Å². The quantitative estimate of drug-likeness (QED) is 0.455. The van der Waals surface area contributed by atoms with Crippen LogP contribution in [0, 0.1) is 0 Å². The lowest BCUT2D eigenvalue weighted by Gasteiger charge is -2.34. The second-order valence-corrected chi connectivity index (χ2v) is 8.25. The van der Waals surface area contributed by atoms with Crippen molar-refractivity contribution >= 4 is 16.7 Å². The van der Waals surface area contributed by atoms with Crippen LogP contribution in [-0.4, -0.2) is 34.5 Å². The number of H-pyrrole nitrogens is 1. The van der Waals surface area contributed by atoms with Gasteiger partial charge in [-0.05, 0) is 34.7 Å². The molecule has 0 aliphatic carbocycles. The predicted molar refractivity (Wildman–Crippen MR) is 123 cm³/mol. The third-order valence-corrected chi connectivity index (χ3v) is 6.08.